The van der Waals surface area contributed by atoms with Gasteiger partial charge in [-0.15, -0.1) is 11.6 Å². The van der Waals surface area contributed by atoms with Crippen molar-refractivity contribution >= 4 is 20.2 Å². The zero-order chi connectivity index (χ0) is 11.9. The topological polar surface area (TPSA) is 18.5 Å². The van der Waals surface area contributed by atoms with E-state index in [1.807, 2.05) is 0 Å². The van der Waals surface area contributed by atoms with Crippen LogP contribution in [-0.2, 0) is 8.85 Å². The average Bonchev–Trinajstić information content (AvgIpc) is 2.12. The molecule has 0 unspecified atom stereocenters. The lowest BCUT2D eigenvalue weighted by atomic mass is 10.5. The lowest BCUT2D eigenvalue weighted by Crippen LogP contribution is -2.45. The Morgan fingerprint density at radius 2 is 1.53 bits per heavy atom. The fraction of sp³-hybridized carbons (Fsp3) is 1.00. The third-order valence-corrected chi connectivity index (χ3v) is 6.39. The minimum Gasteiger partial charge on any atom is -0.392 e. The second-order valence-corrected chi connectivity index (χ2v) is 8.27. The molecule has 15 heavy (non-hydrogen) atoms. The molecule has 0 radical (unpaired) electrons. The van der Waals surface area contributed by atoms with Crippen molar-refractivity contribution in [1.29, 1.82) is 0 Å². The number of hydrogen-bond acceptors (Lipinski definition) is 2. The molecule has 0 atom stereocenters. The van der Waals surface area contributed by atoms with Crippen LogP contribution in [0.15, 0.2) is 0 Å². The molecule has 0 aliphatic carbocycles. The van der Waals surface area contributed by atoms with Gasteiger partial charge >= 0.3 is 8.56 Å². The zero-order valence-corrected chi connectivity index (χ0v) is 12.4. The smallest absolute Gasteiger partial charge is 0.338 e. The van der Waals surface area contributed by atoms with Crippen LogP contribution in [0.4, 0.5) is 0 Å². The van der Waals surface area contributed by atoms with Gasteiger partial charge in [-0.25, -0.2) is 0 Å². The maximum atomic E-state index is 6.06. The number of rotatable bonds is 8. The lowest BCUT2D eigenvalue weighted by Gasteiger charge is -2.33. The third kappa shape index (κ3) is 6.56. The second kappa shape index (κ2) is 7.66. The van der Waals surface area contributed by atoms with Crippen molar-refractivity contribution in [1.82, 2.24) is 0 Å². The second-order valence-electron chi connectivity index (χ2n) is 4.39. The summed E-state index contributed by atoms with van der Waals surface area (Å²) < 4.78 is 12.1. The van der Waals surface area contributed by atoms with Crippen LogP contribution in [0.5, 0.6) is 0 Å². The molecule has 0 amide bonds. The minimum absolute atomic E-state index is 0.241. The molecule has 0 aromatic carbocycles. The van der Waals surface area contributed by atoms with Crippen LogP contribution in [0.2, 0.25) is 12.1 Å². The first-order valence-corrected chi connectivity index (χ1v) is 8.64. The van der Waals surface area contributed by atoms with Crippen LogP contribution in [0.3, 0.4) is 0 Å². The van der Waals surface area contributed by atoms with Crippen molar-refractivity contribution in [3.8, 4) is 0 Å². The van der Waals surface area contributed by atoms with Crippen LogP contribution in [0, 0.1) is 0 Å². The molecule has 0 aromatic heterocycles. The van der Waals surface area contributed by atoms with Gasteiger partial charge in [0.25, 0.3) is 0 Å². The van der Waals surface area contributed by atoms with Gasteiger partial charge in [0, 0.05) is 18.1 Å². The van der Waals surface area contributed by atoms with Crippen LogP contribution >= 0.6 is 11.6 Å². The molecule has 0 rings (SSSR count). The summed E-state index contributed by atoms with van der Waals surface area (Å²) in [5.41, 5.74) is 0. The van der Waals surface area contributed by atoms with Gasteiger partial charge in [-0.1, -0.05) is 6.92 Å². The Balaban J connectivity index is 4.44. The molecule has 0 saturated carbocycles. The van der Waals surface area contributed by atoms with E-state index in [2.05, 4.69) is 34.6 Å². The summed E-state index contributed by atoms with van der Waals surface area (Å²) in [4.78, 5) is 0. The van der Waals surface area contributed by atoms with E-state index in [1.165, 1.54) is 0 Å². The summed E-state index contributed by atoms with van der Waals surface area (Å²) in [6, 6.07) is 2.00. The normalized spacial score (nSPS) is 12.8. The highest BCUT2D eigenvalue weighted by Gasteiger charge is 2.36. The molecule has 0 saturated heterocycles. The van der Waals surface area contributed by atoms with Crippen molar-refractivity contribution in [2.45, 2.75) is 65.3 Å². The molecule has 92 valence electrons. The number of hydrogen-bond donors (Lipinski definition) is 0. The van der Waals surface area contributed by atoms with Gasteiger partial charge < -0.3 is 8.85 Å². The van der Waals surface area contributed by atoms with E-state index in [-0.39, 0.29) is 12.2 Å². The van der Waals surface area contributed by atoms with E-state index in [1.54, 1.807) is 0 Å². The van der Waals surface area contributed by atoms with E-state index in [4.69, 9.17) is 20.5 Å². The van der Waals surface area contributed by atoms with Gasteiger partial charge in [0.15, 0.2) is 0 Å². The Morgan fingerprint density at radius 3 is 1.80 bits per heavy atom. The maximum Gasteiger partial charge on any atom is 0.338 e. The first-order valence-electron chi connectivity index (χ1n) is 5.87. The van der Waals surface area contributed by atoms with Crippen molar-refractivity contribution in [2.24, 2.45) is 0 Å². The van der Waals surface area contributed by atoms with E-state index in [0.717, 1.165) is 18.5 Å². The zero-order valence-electron chi connectivity index (χ0n) is 10.7. The van der Waals surface area contributed by atoms with Gasteiger partial charge in [0.1, 0.15) is 0 Å². The standard InChI is InChI=1S/C11H25ClO2Si/c1-6-15(9-7-8-12,13-10(2)3)14-11(4)5/h10-11H,6-9H2,1-5H3. The van der Waals surface area contributed by atoms with E-state index < -0.39 is 8.56 Å². The van der Waals surface area contributed by atoms with Crippen LogP contribution < -0.4 is 0 Å². The van der Waals surface area contributed by atoms with Crippen LogP contribution in [-0.4, -0.2) is 26.6 Å². The third-order valence-electron chi connectivity index (χ3n) is 2.13. The first-order chi connectivity index (χ1) is 6.95. The van der Waals surface area contributed by atoms with E-state index in [9.17, 15) is 0 Å². The van der Waals surface area contributed by atoms with Gasteiger partial charge in [0.2, 0.25) is 0 Å². The molecule has 0 spiro atoms. The molecule has 0 fully saturated rings. The summed E-state index contributed by atoms with van der Waals surface area (Å²) in [6.45, 7) is 10.4. The largest absolute Gasteiger partial charge is 0.392 e. The van der Waals surface area contributed by atoms with Gasteiger partial charge in [-0.2, -0.15) is 0 Å². The number of halogens is 1. The van der Waals surface area contributed by atoms with Gasteiger partial charge in [0.05, 0.1) is 0 Å². The van der Waals surface area contributed by atoms with Gasteiger partial charge in [-0.3, -0.25) is 0 Å². The summed E-state index contributed by atoms with van der Waals surface area (Å²) in [5, 5.41) is 0. The van der Waals surface area contributed by atoms with Crippen molar-refractivity contribution < 1.29 is 8.85 Å². The molecular formula is C11H25ClO2Si. The molecule has 0 aliphatic rings. The highest BCUT2D eigenvalue weighted by Crippen LogP contribution is 2.24. The van der Waals surface area contributed by atoms with E-state index in [0.29, 0.717) is 5.88 Å². The molecule has 0 aliphatic heterocycles. The molecule has 0 bridgehead atoms. The molecular weight excluding hydrogens is 228 g/mol. The predicted molar refractivity (Wildman–Crippen MR) is 68.8 cm³/mol. The first kappa shape index (κ1) is 15.4. The van der Waals surface area contributed by atoms with Crippen molar-refractivity contribution in [3.05, 3.63) is 0 Å². The van der Waals surface area contributed by atoms with Gasteiger partial charge in [-0.05, 0) is 46.2 Å². The lowest BCUT2D eigenvalue weighted by molar-refractivity contribution is 0.105. The van der Waals surface area contributed by atoms with E-state index >= 15 is 0 Å². The molecule has 4 heteroatoms. The Bertz CT molecular complexity index is 153. The fourth-order valence-electron chi connectivity index (χ4n) is 1.68. The fourth-order valence-corrected chi connectivity index (χ4v) is 5.45. The Morgan fingerprint density at radius 1 is 1.07 bits per heavy atom. The molecule has 0 aromatic rings. The van der Waals surface area contributed by atoms with Crippen molar-refractivity contribution in [3.63, 3.8) is 0 Å². The quantitative estimate of drug-likeness (QED) is 0.482. The maximum absolute atomic E-state index is 6.06. The summed E-state index contributed by atoms with van der Waals surface area (Å²) in [7, 11) is -2.00. The minimum atomic E-state index is -2.00. The molecule has 2 nitrogen and oxygen atoms in total. The van der Waals surface area contributed by atoms with Crippen LogP contribution in [0.1, 0.15) is 41.0 Å². The average molecular weight is 253 g/mol. The monoisotopic (exact) mass is 252 g/mol. The Hall–Kier alpha value is 0.427. The predicted octanol–water partition coefficient (Wildman–Crippen LogP) is 3.93. The Kier molecular flexibility index (Phi) is 7.88. The molecule has 0 N–H and O–H groups in total. The SMILES string of the molecule is CC[Si](CCCCl)(OC(C)C)OC(C)C. The highest BCUT2D eigenvalue weighted by molar-refractivity contribution is 6.67. The summed E-state index contributed by atoms with van der Waals surface area (Å²) in [5.74, 6) is 0.692. The van der Waals surface area contributed by atoms with Crippen LogP contribution in [0.25, 0.3) is 0 Å². The number of alkyl halides is 1. The summed E-state index contributed by atoms with van der Waals surface area (Å²) in [6.07, 6.45) is 1.47. The highest BCUT2D eigenvalue weighted by atomic mass is 35.5. The Labute approximate surface area is 101 Å². The van der Waals surface area contributed by atoms with Crippen molar-refractivity contribution in [2.75, 3.05) is 5.88 Å². The summed E-state index contributed by atoms with van der Waals surface area (Å²) >= 11 is 5.75. The molecule has 0 heterocycles.